The quantitative estimate of drug-likeness (QED) is 0.399. The van der Waals surface area contributed by atoms with Gasteiger partial charge in [0.1, 0.15) is 17.2 Å². The monoisotopic (exact) mass is 479 g/mol. The molecular weight excluding hydrogens is 457 g/mol. The molecule has 2 bridgehead atoms. The lowest BCUT2D eigenvalue weighted by molar-refractivity contribution is 0.103. The third-order valence-corrected chi connectivity index (χ3v) is 7.57. The van der Waals surface area contributed by atoms with Gasteiger partial charge in [-0.15, -0.1) is 11.3 Å². The van der Waals surface area contributed by atoms with E-state index in [4.69, 9.17) is 11.1 Å². The van der Waals surface area contributed by atoms with E-state index >= 15 is 0 Å². The number of nitrogens with two attached hydrogens (primary N) is 1. The Balaban J connectivity index is 1.43. The van der Waals surface area contributed by atoms with E-state index in [-0.39, 0.29) is 34.6 Å². The fourth-order valence-electron chi connectivity index (χ4n) is 4.60. The number of aryl methyl sites for hydroxylation is 1. The number of carbonyl (C=O) groups is 1. The van der Waals surface area contributed by atoms with Crippen molar-refractivity contribution in [3.63, 3.8) is 0 Å². The number of pyridine rings is 1. The molecular formula is C23H22FN7O2S. The molecule has 1 saturated carbocycles. The Bertz CT molecular complexity index is 1380. The molecule has 0 aliphatic heterocycles. The molecule has 2 aliphatic rings. The molecule has 1 amide bonds. The first-order chi connectivity index (χ1) is 16.4. The van der Waals surface area contributed by atoms with Gasteiger partial charge in [0.05, 0.1) is 10.6 Å². The highest BCUT2D eigenvalue weighted by atomic mass is 32.1. The topological polar surface area (TPSA) is 139 Å². The van der Waals surface area contributed by atoms with Crippen LogP contribution in [0.1, 0.15) is 51.2 Å². The third kappa shape index (κ3) is 3.77. The summed E-state index contributed by atoms with van der Waals surface area (Å²) in [4.78, 5) is 35.7. The summed E-state index contributed by atoms with van der Waals surface area (Å²) < 4.78 is 15.9. The number of nitrogens with one attached hydrogen (secondary N) is 3. The molecule has 3 aromatic rings. The maximum atomic E-state index is 14.7. The van der Waals surface area contributed by atoms with Gasteiger partial charge < -0.3 is 26.3 Å². The molecule has 0 saturated heterocycles. The molecule has 3 aromatic heterocycles. The molecule has 3 heterocycles. The van der Waals surface area contributed by atoms with Crippen LogP contribution in [0.5, 0.6) is 0 Å². The van der Waals surface area contributed by atoms with Crippen LogP contribution in [0.2, 0.25) is 0 Å². The van der Waals surface area contributed by atoms with E-state index in [9.17, 15) is 14.0 Å². The second-order valence-corrected chi connectivity index (χ2v) is 9.48. The highest BCUT2D eigenvalue weighted by Crippen LogP contribution is 2.55. The Morgan fingerprint density at radius 1 is 1.29 bits per heavy atom. The van der Waals surface area contributed by atoms with Gasteiger partial charge in [-0.05, 0) is 54.9 Å². The van der Waals surface area contributed by atoms with Crippen LogP contribution in [0.3, 0.4) is 0 Å². The van der Waals surface area contributed by atoms with Crippen LogP contribution in [-0.4, -0.2) is 26.7 Å². The van der Waals surface area contributed by atoms with E-state index in [1.54, 1.807) is 0 Å². The SMILES string of the molecule is Cn1cc(-c2nc(NC(=O)c3cc4c(s3)C3CCC4C3)ccc2F)nc(N/C(C=N)=C/N)c1=O. The van der Waals surface area contributed by atoms with Gasteiger partial charge in [-0.25, -0.2) is 14.4 Å². The van der Waals surface area contributed by atoms with E-state index in [1.165, 1.54) is 71.0 Å². The van der Waals surface area contributed by atoms with E-state index in [0.29, 0.717) is 16.7 Å². The number of rotatable bonds is 6. The van der Waals surface area contributed by atoms with Gasteiger partial charge in [0.2, 0.25) is 0 Å². The zero-order valence-corrected chi connectivity index (χ0v) is 19.1. The molecule has 174 valence electrons. The highest BCUT2D eigenvalue weighted by Gasteiger charge is 2.39. The number of halogens is 1. The molecule has 34 heavy (non-hydrogen) atoms. The number of nitrogens with zero attached hydrogens (tertiary/aromatic N) is 3. The second-order valence-electron chi connectivity index (χ2n) is 8.40. The van der Waals surface area contributed by atoms with Gasteiger partial charge in [-0.3, -0.25) is 9.59 Å². The summed E-state index contributed by atoms with van der Waals surface area (Å²) in [5.41, 5.74) is 6.32. The molecule has 1 fully saturated rings. The lowest BCUT2D eigenvalue weighted by Gasteiger charge is -2.11. The van der Waals surface area contributed by atoms with Gasteiger partial charge in [-0.1, -0.05) is 0 Å². The number of hydrogen-bond acceptors (Lipinski definition) is 8. The van der Waals surface area contributed by atoms with Crippen molar-refractivity contribution in [3.05, 3.63) is 67.8 Å². The molecule has 5 rings (SSSR count). The molecule has 2 unspecified atom stereocenters. The summed E-state index contributed by atoms with van der Waals surface area (Å²) in [6.45, 7) is 0. The van der Waals surface area contributed by atoms with Crippen molar-refractivity contribution in [3.8, 4) is 11.4 Å². The van der Waals surface area contributed by atoms with Crippen LogP contribution in [0, 0.1) is 11.2 Å². The summed E-state index contributed by atoms with van der Waals surface area (Å²) >= 11 is 1.53. The molecule has 0 aromatic carbocycles. The third-order valence-electron chi connectivity index (χ3n) is 6.26. The molecule has 2 aliphatic carbocycles. The van der Waals surface area contributed by atoms with Gasteiger partial charge in [0, 0.05) is 30.5 Å². The Hall–Kier alpha value is -3.86. The average Bonchev–Trinajstić information content (AvgIpc) is 3.55. The Morgan fingerprint density at radius 3 is 2.82 bits per heavy atom. The summed E-state index contributed by atoms with van der Waals surface area (Å²) in [6, 6.07) is 4.55. The van der Waals surface area contributed by atoms with Gasteiger partial charge >= 0.3 is 0 Å². The molecule has 0 radical (unpaired) electrons. The van der Waals surface area contributed by atoms with Crippen molar-refractivity contribution in [1.82, 2.24) is 14.5 Å². The van der Waals surface area contributed by atoms with E-state index in [0.717, 1.165) is 12.4 Å². The summed E-state index contributed by atoms with van der Waals surface area (Å²) in [7, 11) is 1.49. The summed E-state index contributed by atoms with van der Waals surface area (Å²) in [5.74, 6) is 0.215. The minimum absolute atomic E-state index is 0.0752. The van der Waals surface area contributed by atoms with Crippen molar-refractivity contribution in [2.24, 2.45) is 12.8 Å². The zero-order chi connectivity index (χ0) is 24.0. The first kappa shape index (κ1) is 22.0. The summed E-state index contributed by atoms with van der Waals surface area (Å²) in [5, 5.41) is 12.7. The van der Waals surface area contributed by atoms with Crippen molar-refractivity contribution >= 4 is 35.1 Å². The fraction of sp³-hybridized carbons (Fsp3) is 0.261. The molecule has 5 N–H and O–H groups in total. The largest absolute Gasteiger partial charge is 0.403 e. The first-order valence-corrected chi connectivity index (χ1v) is 11.6. The fourth-order valence-corrected chi connectivity index (χ4v) is 5.90. The van der Waals surface area contributed by atoms with Crippen LogP contribution in [-0.2, 0) is 7.05 Å². The maximum absolute atomic E-state index is 14.7. The van der Waals surface area contributed by atoms with Crippen molar-refractivity contribution in [2.45, 2.75) is 31.1 Å². The Morgan fingerprint density at radius 2 is 2.09 bits per heavy atom. The van der Waals surface area contributed by atoms with Crippen LogP contribution >= 0.6 is 11.3 Å². The van der Waals surface area contributed by atoms with Crippen LogP contribution in [0.4, 0.5) is 16.0 Å². The molecule has 9 nitrogen and oxygen atoms in total. The van der Waals surface area contributed by atoms with Crippen LogP contribution in [0.25, 0.3) is 11.4 Å². The number of hydrogen-bond donors (Lipinski definition) is 4. The normalized spacial score (nSPS) is 18.6. The van der Waals surface area contributed by atoms with Crippen molar-refractivity contribution in [1.29, 1.82) is 5.41 Å². The Labute approximate surface area is 198 Å². The number of amides is 1. The minimum Gasteiger partial charge on any atom is -0.403 e. The number of carbonyl (C=O) groups excluding carboxylic acids is 1. The second kappa shape index (κ2) is 8.49. The lowest BCUT2D eigenvalue weighted by Crippen LogP contribution is -2.23. The number of thiophene rings is 1. The smallest absolute Gasteiger partial charge is 0.293 e. The molecule has 0 spiro atoms. The van der Waals surface area contributed by atoms with Crippen LogP contribution in [0.15, 0.2) is 41.1 Å². The molecule has 11 heteroatoms. The van der Waals surface area contributed by atoms with E-state index < -0.39 is 11.4 Å². The minimum atomic E-state index is -0.664. The number of allylic oxidation sites excluding steroid dienone is 1. The van der Waals surface area contributed by atoms with Gasteiger partial charge in [0.25, 0.3) is 11.5 Å². The van der Waals surface area contributed by atoms with Gasteiger partial charge in [-0.2, -0.15) is 0 Å². The van der Waals surface area contributed by atoms with E-state index in [1.807, 2.05) is 6.07 Å². The number of aromatic nitrogens is 3. The van der Waals surface area contributed by atoms with Crippen molar-refractivity contribution < 1.29 is 9.18 Å². The average molecular weight is 480 g/mol. The number of fused-ring (bicyclic) bond motifs is 5. The predicted molar refractivity (Wildman–Crippen MR) is 129 cm³/mol. The standard InChI is InChI=1S/C23H22FN7O2S/c1-31-10-16(28-21(23(31)33)27-13(8-25)9-26)19-15(24)4-5-18(29-19)30-22(32)17-7-14-11-2-3-12(6-11)20(14)34-17/h4-5,7-12,25H,2-3,6,26H2,1H3,(H,27,28)(H,29,30,32)/b13-9+,25-8?. The maximum Gasteiger partial charge on any atom is 0.293 e. The van der Waals surface area contributed by atoms with Gasteiger partial charge in [0.15, 0.2) is 11.6 Å². The molecule has 2 atom stereocenters. The predicted octanol–water partition coefficient (Wildman–Crippen LogP) is 3.52. The highest BCUT2D eigenvalue weighted by molar-refractivity contribution is 7.14. The van der Waals surface area contributed by atoms with Crippen LogP contribution < -0.4 is 21.9 Å². The first-order valence-electron chi connectivity index (χ1n) is 10.8. The lowest BCUT2D eigenvalue weighted by atomic mass is 9.99. The zero-order valence-electron chi connectivity index (χ0n) is 18.3. The van der Waals surface area contributed by atoms with E-state index in [2.05, 4.69) is 20.6 Å². The summed E-state index contributed by atoms with van der Waals surface area (Å²) in [6.07, 6.45) is 6.95. The Kier molecular flexibility index (Phi) is 5.48. The number of anilines is 2. The van der Waals surface area contributed by atoms with Crippen molar-refractivity contribution in [2.75, 3.05) is 10.6 Å².